The Morgan fingerprint density at radius 2 is 1.96 bits per heavy atom. The molecule has 1 aliphatic rings. The number of halogens is 1. The van der Waals surface area contributed by atoms with Gasteiger partial charge in [-0.1, -0.05) is 30.3 Å². The molecule has 0 bridgehead atoms. The number of methoxy groups -OCH3 is 1. The van der Waals surface area contributed by atoms with Gasteiger partial charge in [-0.25, -0.2) is 4.39 Å². The van der Waals surface area contributed by atoms with Crippen LogP contribution in [0.25, 0.3) is 12.2 Å². The first kappa shape index (κ1) is 18.9. The molecule has 3 rings (SSSR count). The first-order valence-corrected chi connectivity index (χ1v) is 8.67. The van der Waals surface area contributed by atoms with Gasteiger partial charge in [0.2, 0.25) is 5.79 Å². The molecular weight excluding hydrogens is 347 g/mol. The van der Waals surface area contributed by atoms with Crippen LogP contribution in [0.2, 0.25) is 0 Å². The minimum absolute atomic E-state index is 0.247. The average molecular weight is 368 g/mol. The summed E-state index contributed by atoms with van der Waals surface area (Å²) in [5.41, 5.74) is 1.84. The molecule has 1 unspecified atom stereocenters. The van der Waals surface area contributed by atoms with Crippen LogP contribution in [0, 0.1) is 5.82 Å². The molecule has 0 saturated heterocycles. The Kier molecular flexibility index (Phi) is 5.42. The Labute approximate surface area is 157 Å². The van der Waals surface area contributed by atoms with Gasteiger partial charge >= 0.3 is 0 Å². The van der Waals surface area contributed by atoms with Gasteiger partial charge in [0.25, 0.3) is 0 Å². The number of hydrogen-bond donors (Lipinski definition) is 0. The molecule has 0 spiro atoms. The van der Waals surface area contributed by atoms with Gasteiger partial charge in [0.15, 0.2) is 17.3 Å². The van der Waals surface area contributed by atoms with Crippen molar-refractivity contribution in [2.24, 2.45) is 0 Å². The van der Waals surface area contributed by atoms with Crippen LogP contribution < -0.4 is 9.47 Å². The van der Waals surface area contributed by atoms with Gasteiger partial charge in [-0.15, -0.1) is 0 Å². The van der Waals surface area contributed by atoms with Crippen molar-refractivity contribution < 1.29 is 23.4 Å². The monoisotopic (exact) mass is 368 g/mol. The van der Waals surface area contributed by atoms with Gasteiger partial charge < -0.3 is 14.2 Å². The normalized spacial score (nSPS) is 18.6. The van der Waals surface area contributed by atoms with E-state index in [0.29, 0.717) is 23.7 Å². The van der Waals surface area contributed by atoms with Crippen molar-refractivity contribution in [3.8, 4) is 11.5 Å². The van der Waals surface area contributed by atoms with Gasteiger partial charge in [0.1, 0.15) is 5.82 Å². The Morgan fingerprint density at radius 1 is 1.22 bits per heavy atom. The lowest BCUT2D eigenvalue weighted by atomic mass is 9.95. The lowest BCUT2D eigenvalue weighted by Gasteiger charge is -2.35. The highest BCUT2D eigenvalue weighted by atomic mass is 19.1. The number of carbonyl (C=O) groups is 1. The number of fused-ring (bicyclic) bond motifs is 1. The van der Waals surface area contributed by atoms with Crippen LogP contribution in [0.1, 0.15) is 25.0 Å². The third kappa shape index (κ3) is 3.93. The molecule has 0 fully saturated rings. The number of rotatable bonds is 6. The highest BCUT2D eigenvalue weighted by Crippen LogP contribution is 2.42. The lowest BCUT2D eigenvalue weighted by Crippen LogP contribution is -2.42. The molecule has 2 aromatic carbocycles. The third-order valence-corrected chi connectivity index (χ3v) is 4.30. The summed E-state index contributed by atoms with van der Waals surface area (Å²) in [5.74, 6) is -0.696. The maximum absolute atomic E-state index is 13.0. The minimum Gasteiger partial charge on any atom is -0.493 e. The molecule has 0 aromatic heterocycles. The maximum Gasteiger partial charge on any atom is 0.238 e. The largest absolute Gasteiger partial charge is 0.493 e. The van der Waals surface area contributed by atoms with E-state index in [4.69, 9.17) is 14.2 Å². The van der Waals surface area contributed by atoms with Crippen LogP contribution in [-0.4, -0.2) is 25.3 Å². The molecule has 0 amide bonds. The number of ketones is 1. The maximum atomic E-state index is 13.0. The Morgan fingerprint density at radius 3 is 2.63 bits per heavy atom. The highest BCUT2D eigenvalue weighted by Gasteiger charge is 2.40. The summed E-state index contributed by atoms with van der Waals surface area (Å²) in [6.45, 7) is 3.91. The van der Waals surface area contributed by atoms with Crippen molar-refractivity contribution in [2.45, 2.75) is 19.6 Å². The number of ether oxygens (including phenoxy) is 3. The van der Waals surface area contributed by atoms with Gasteiger partial charge in [0.05, 0.1) is 12.7 Å². The zero-order valence-electron chi connectivity index (χ0n) is 15.5. The molecule has 0 aliphatic carbocycles. The summed E-state index contributed by atoms with van der Waals surface area (Å²) in [5, 5.41) is 0. The van der Waals surface area contributed by atoms with E-state index in [1.807, 2.05) is 19.1 Å². The summed E-state index contributed by atoms with van der Waals surface area (Å²) >= 11 is 0. The van der Waals surface area contributed by atoms with Gasteiger partial charge in [0, 0.05) is 19.1 Å². The first-order chi connectivity index (χ1) is 13.0. The molecule has 1 atom stereocenters. The molecule has 1 heterocycles. The lowest BCUT2D eigenvalue weighted by molar-refractivity contribution is -0.147. The predicted octanol–water partition coefficient (Wildman–Crippen LogP) is 4.65. The Balaban J connectivity index is 1.97. The van der Waals surface area contributed by atoms with E-state index >= 15 is 0 Å². The topological polar surface area (TPSA) is 44.8 Å². The van der Waals surface area contributed by atoms with Crippen LogP contribution in [0.15, 0.2) is 54.1 Å². The fraction of sp³-hybridized carbons (Fsp3) is 0.227. The van der Waals surface area contributed by atoms with E-state index in [0.717, 1.165) is 11.1 Å². The quantitative estimate of drug-likeness (QED) is 0.697. The van der Waals surface area contributed by atoms with Crippen molar-refractivity contribution in [2.75, 3.05) is 13.7 Å². The summed E-state index contributed by atoms with van der Waals surface area (Å²) in [7, 11) is 1.56. The second kappa shape index (κ2) is 7.76. The molecule has 1 aliphatic heterocycles. The molecule has 0 saturated carbocycles. The van der Waals surface area contributed by atoms with Gasteiger partial charge in [-0.05, 0) is 42.8 Å². The van der Waals surface area contributed by atoms with Crippen LogP contribution >= 0.6 is 0 Å². The van der Waals surface area contributed by atoms with Crippen molar-refractivity contribution in [3.63, 3.8) is 0 Å². The van der Waals surface area contributed by atoms with Crippen LogP contribution in [-0.2, 0) is 9.53 Å². The highest BCUT2D eigenvalue weighted by molar-refractivity contribution is 6.11. The molecular formula is C22H21FO4. The number of para-hydroxylation sites is 1. The molecule has 140 valence electrons. The van der Waals surface area contributed by atoms with Crippen molar-refractivity contribution in [3.05, 3.63) is 71.1 Å². The van der Waals surface area contributed by atoms with Crippen molar-refractivity contribution in [1.82, 2.24) is 0 Å². The number of benzene rings is 2. The second-order valence-corrected chi connectivity index (χ2v) is 6.17. The number of hydrogen-bond acceptors (Lipinski definition) is 4. The zero-order valence-corrected chi connectivity index (χ0v) is 15.5. The van der Waals surface area contributed by atoms with Crippen molar-refractivity contribution in [1.29, 1.82) is 0 Å². The van der Waals surface area contributed by atoms with E-state index in [2.05, 4.69) is 0 Å². The molecule has 0 radical (unpaired) electrons. The summed E-state index contributed by atoms with van der Waals surface area (Å²) in [4.78, 5) is 12.9. The van der Waals surface area contributed by atoms with E-state index in [1.165, 1.54) is 18.2 Å². The SMILES string of the molecule is CCOC1(C)Oc2c(cccc2OC)C=C1C(=O)/C=C/c1ccc(F)cc1. The van der Waals surface area contributed by atoms with Crippen molar-refractivity contribution >= 4 is 17.9 Å². The van der Waals surface area contributed by atoms with E-state index < -0.39 is 5.79 Å². The Hall–Kier alpha value is -2.92. The fourth-order valence-electron chi connectivity index (χ4n) is 2.97. The zero-order chi connectivity index (χ0) is 19.4. The Bertz CT molecular complexity index is 899. The van der Waals surface area contributed by atoms with E-state index in [-0.39, 0.29) is 11.6 Å². The van der Waals surface area contributed by atoms with Crippen LogP contribution in [0.4, 0.5) is 4.39 Å². The second-order valence-electron chi connectivity index (χ2n) is 6.17. The molecule has 27 heavy (non-hydrogen) atoms. The van der Waals surface area contributed by atoms with Crippen LogP contribution in [0.3, 0.4) is 0 Å². The van der Waals surface area contributed by atoms with Crippen LogP contribution in [0.5, 0.6) is 11.5 Å². The number of allylic oxidation sites excluding steroid dienone is 1. The minimum atomic E-state index is -1.24. The van der Waals surface area contributed by atoms with Gasteiger partial charge in [-0.3, -0.25) is 4.79 Å². The van der Waals surface area contributed by atoms with E-state index in [9.17, 15) is 9.18 Å². The third-order valence-electron chi connectivity index (χ3n) is 4.30. The average Bonchev–Trinajstić information content (AvgIpc) is 2.66. The predicted molar refractivity (Wildman–Crippen MR) is 102 cm³/mol. The van der Waals surface area contributed by atoms with Gasteiger partial charge in [-0.2, -0.15) is 0 Å². The molecule has 5 heteroatoms. The summed E-state index contributed by atoms with van der Waals surface area (Å²) in [6.07, 6.45) is 4.83. The molecule has 2 aromatic rings. The number of carbonyl (C=O) groups excluding carboxylic acids is 1. The summed E-state index contributed by atoms with van der Waals surface area (Å²) in [6, 6.07) is 11.4. The standard InChI is InChI=1S/C22H21FO4/c1-4-26-22(2)18(14-16-6-5-7-20(25-3)21(16)27-22)19(24)13-10-15-8-11-17(23)12-9-15/h5-14H,4H2,1-3H3/b13-10+. The van der Waals surface area contributed by atoms with E-state index in [1.54, 1.807) is 44.4 Å². The smallest absolute Gasteiger partial charge is 0.238 e. The fourth-order valence-corrected chi connectivity index (χ4v) is 2.97. The molecule has 0 N–H and O–H groups in total. The summed E-state index contributed by atoms with van der Waals surface area (Å²) < 4.78 is 30.2. The molecule has 4 nitrogen and oxygen atoms in total. The first-order valence-electron chi connectivity index (χ1n) is 8.67.